The number of Topliss-reactive ketones (excluding diaryl/α,β-unsaturated/α-hetero) is 4. The van der Waals surface area contributed by atoms with Crippen molar-refractivity contribution in [2.24, 2.45) is 10.8 Å². The van der Waals surface area contributed by atoms with Crippen LogP contribution in [0.4, 0.5) is 0 Å². The molecule has 2 aliphatic rings. The molecule has 4 rings (SSSR count). The van der Waals surface area contributed by atoms with E-state index in [9.17, 15) is 29.4 Å². The largest absolute Gasteiger partial charge is 2.00 e. The zero-order valence-electron chi connectivity index (χ0n) is 20.8. The van der Waals surface area contributed by atoms with E-state index in [1.807, 2.05) is 0 Å². The zero-order chi connectivity index (χ0) is 25.6. The van der Waals surface area contributed by atoms with E-state index in [0.29, 0.717) is 22.3 Å². The maximum atomic E-state index is 12.1. The molecule has 2 aliphatic carbocycles. The van der Waals surface area contributed by atoms with Gasteiger partial charge in [-0.15, -0.1) is 0 Å². The van der Waals surface area contributed by atoms with Crippen molar-refractivity contribution in [2.45, 2.75) is 41.5 Å². The molecule has 0 aliphatic heterocycles. The minimum Gasteiger partial charge on any atom is -0.871 e. The normalized spacial score (nSPS) is 14.7. The zero-order valence-corrected chi connectivity index (χ0v) is 23.0. The molecule has 0 N–H and O–H groups in total. The third kappa shape index (κ3) is 5.35. The van der Waals surface area contributed by atoms with Gasteiger partial charge in [0.05, 0.1) is 11.1 Å². The second-order valence-corrected chi connectivity index (χ2v) is 10.3. The molecule has 176 valence electrons. The van der Waals surface area contributed by atoms with Gasteiger partial charge in [0.2, 0.25) is 0 Å². The van der Waals surface area contributed by atoms with Crippen LogP contribution in [-0.4, -0.2) is 60.9 Å². The first-order chi connectivity index (χ1) is 15.7. The van der Waals surface area contributed by atoms with Crippen molar-refractivity contribution in [3.8, 4) is 0 Å². The Morgan fingerprint density at radius 2 is 0.829 bits per heavy atom. The number of rotatable bonds is 2. The first kappa shape index (κ1) is 28.7. The summed E-state index contributed by atoms with van der Waals surface area (Å²) < 4.78 is 0. The molecule has 35 heavy (non-hydrogen) atoms. The van der Waals surface area contributed by atoms with Crippen LogP contribution in [0.2, 0.25) is 0 Å². The maximum absolute atomic E-state index is 12.1. The summed E-state index contributed by atoms with van der Waals surface area (Å²) >= 11 is 0. The summed E-state index contributed by atoms with van der Waals surface area (Å²) in [5.41, 5.74) is -0.478. The average Bonchev–Trinajstić information content (AvgIpc) is 3.17. The molecule has 0 saturated heterocycles. The van der Waals surface area contributed by atoms with Crippen LogP contribution < -0.4 is 10.2 Å². The number of allylic oxidation sites excluding steroid dienone is 2. The smallest absolute Gasteiger partial charge is 0.871 e. The molecule has 6 nitrogen and oxygen atoms in total. The Labute approximate surface area is 234 Å². The predicted molar refractivity (Wildman–Crippen MR) is 130 cm³/mol. The second-order valence-electron chi connectivity index (χ2n) is 10.3. The van der Waals surface area contributed by atoms with E-state index in [0.717, 1.165) is 0 Å². The fourth-order valence-corrected chi connectivity index (χ4v) is 3.67. The number of hydrogen-bond acceptors (Lipinski definition) is 6. The van der Waals surface area contributed by atoms with Crippen molar-refractivity contribution in [2.75, 3.05) is 0 Å². The van der Waals surface area contributed by atoms with Crippen molar-refractivity contribution in [3.63, 3.8) is 0 Å². The summed E-state index contributed by atoms with van der Waals surface area (Å²) in [5, 5.41) is 24.0. The molecule has 0 spiro atoms. The van der Waals surface area contributed by atoms with Crippen LogP contribution in [-0.2, 0) is 9.59 Å². The number of benzene rings is 2. The Bertz CT molecular complexity index is 1200. The minimum absolute atomic E-state index is 0. The molecular formula is C28H26CaO6. The molecule has 0 aromatic heterocycles. The third-order valence-electron chi connectivity index (χ3n) is 5.56. The van der Waals surface area contributed by atoms with Gasteiger partial charge in [0, 0.05) is 22.0 Å². The van der Waals surface area contributed by atoms with Gasteiger partial charge in [0.25, 0.3) is 0 Å². The monoisotopic (exact) mass is 498 g/mol. The molecule has 7 heteroatoms. The van der Waals surface area contributed by atoms with Crippen molar-refractivity contribution in [3.05, 3.63) is 81.9 Å². The second kappa shape index (κ2) is 10.2. The van der Waals surface area contributed by atoms with Crippen LogP contribution in [0, 0.1) is 10.8 Å². The molecule has 0 bridgehead atoms. The van der Waals surface area contributed by atoms with E-state index in [-0.39, 0.29) is 60.5 Å². The number of carbonyl (C=O) groups is 4. The van der Waals surface area contributed by atoms with Crippen molar-refractivity contribution in [1.82, 2.24) is 0 Å². The van der Waals surface area contributed by atoms with Gasteiger partial charge in [-0.25, -0.2) is 0 Å². The van der Waals surface area contributed by atoms with Crippen LogP contribution in [0.5, 0.6) is 0 Å². The standard InChI is InChI=1S/2C14H14O3.Ca/c2*1-14(2,3)13(17)10-11(15)8-6-4-5-7-9(8)12(10)16;/h2*4-7,15H,1-3H3;/q;;+2/p-2. The first-order valence-corrected chi connectivity index (χ1v) is 10.9. The van der Waals surface area contributed by atoms with E-state index in [1.165, 1.54) is 0 Å². The molecular weight excluding hydrogens is 472 g/mol. The Morgan fingerprint density at radius 3 is 1.06 bits per heavy atom. The van der Waals surface area contributed by atoms with Gasteiger partial charge in [-0.2, -0.15) is 0 Å². The first-order valence-electron chi connectivity index (χ1n) is 10.9. The summed E-state index contributed by atoms with van der Waals surface area (Å²) in [6.07, 6.45) is 0. The van der Waals surface area contributed by atoms with Gasteiger partial charge in [-0.1, -0.05) is 102 Å². The molecule has 0 amide bonds. The molecule has 0 unspecified atom stereocenters. The molecule has 0 saturated carbocycles. The Hall–Kier alpha value is -2.54. The minimum atomic E-state index is -0.720. The van der Waals surface area contributed by atoms with Crippen LogP contribution in [0.25, 0.3) is 11.5 Å². The summed E-state index contributed by atoms with van der Waals surface area (Å²) in [6.45, 7) is 10.2. The average molecular weight is 499 g/mol. The summed E-state index contributed by atoms with van der Waals surface area (Å²) in [7, 11) is 0. The van der Waals surface area contributed by atoms with Crippen LogP contribution in [0.15, 0.2) is 59.7 Å². The van der Waals surface area contributed by atoms with Gasteiger partial charge >= 0.3 is 37.7 Å². The van der Waals surface area contributed by atoms with Crippen LogP contribution >= 0.6 is 0 Å². The summed E-state index contributed by atoms with van der Waals surface area (Å²) in [6, 6.07) is 13.1. The summed E-state index contributed by atoms with van der Waals surface area (Å²) in [5.74, 6) is -2.53. The van der Waals surface area contributed by atoms with Gasteiger partial charge in [-0.05, 0) is 11.1 Å². The Kier molecular flexibility index (Phi) is 8.37. The molecule has 2 aromatic carbocycles. The van der Waals surface area contributed by atoms with E-state index in [4.69, 9.17) is 0 Å². The van der Waals surface area contributed by atoms with Crippen molar-refractivity contribution in [1.29, 1.82) is 0 Å². The molecule has 0 fully saturated rings. The van der Waals surface area contributed by atoms with Gasteiger partial charge in [-0.3, -0.25) is 19.2 Å². The third-order valence-corrected chi connectivity index (χ3v) is 5.56. The van der Waals surface area contributed by atoms with E-state index < -0.39 is 33.9 Å². The predicted octanol–water partition coefficient (Wildman–Crippen LogP) is 2.76. The topological polar surface area (TPSA) is 114 Å². The quantitative estimate of drug-likeness (QED) is 0.465. The number of carbonyl (C=O) groups excluding carboxylic acids is 4. The maximum Gasteiger partial charge on any atom is 2.00 e. The Balaban J connectivity index is 0.000000240. The number of hydrogen-bond donors (Lipinski definition) is 0. The molecule has 0 atom stereocenters. The van der Waals surface area contributed by atoms with Gasteiger partial charge in [0.1, 0.15) is 0 Å². The van der Waals surface area contributed by atoms with E-state index in [2.05, 4.69) is 0 Å². The molecule has 0 radical (unpaired) electrons. The van der Waals surface area contributed by atoms with Crippen molar-refractivity contribution >= 4 is 72.4 Å². The fourth-order valence-electron chi connectivity index (χ4n) is 3.67. The van der Waals surface area contributed by atoms with Crippen LogP contribution in [0.3, 0.4) is 0 Å². The van der Waals surface area contributed by atoms with Crippen molar-refractivity contribution < 1.29 is 29.4 Å². The number of ketones is 4. The number of fused-ring (bicyclic) bond motifs is 2. The SMILES string of the molecule is CC(C)(C)C(=O)C1=C([O-])c2ccccc2C1=O.CC(C)(C)C(=O)C1=C([O-])c2ccccc2C1=O.[Ca+2]. The van der Waals surface area contributed by atoms with Crippen LogP contribution in [0.1, 0.15) is 73.4 Å². The van der Waals surface area contributed by atoms with Gasteiger partial charge < -0.3 is 10.2 Å². The van der Waals surface area contributed by atoms with E-state index >= 15 is 0 Å². The van der Waals surface area contributed by atoms with Gasteiger partial charge in [0.15, 0.2) is 23.1 Å². The summed E-state index contributed by atoms with van der Waals surface area (Å²) in [4.78, 5) is 48.2. The fraction of sp³-hybridized carbons (Fsp3) is 0.286. The molecule has 0 heterocycles. The Morgan fingerprint density at radius 1 is 0.571 bits per heavy atom. The van der Waals surface area contributed by atoms with E-state index in [1.54, 1.807) is 90.1 Å². The molecule has 2 aromatic rings.